The molecule has 2 aromatic carbocycles. The van der Waals surface area contributed by atoms with Crippen molar-refractivity contribution in [3.8, 4) is 0 Å². The van der Waals surface area contributed by atoms with Crippen LogP contribution in [0.3, 0.4) is 0 Å². The molecule has 1 N–H and O–H groups in total. The summed E-state index contributed by atoms with van der Waals surface area (Å²) in [4.78, 5) is 2.18. The highest BCUT2D eigenvalue weighted by atomic mass is 16.6. The molecular weight excluding hydrogens is 310 g/mol. The second kappa shape index (κ2) is 9.14. The van der Waals surface area contributed by atoms with Crippen LogP contribution in [0.5, 0.6) is 0 Å². The topological polar surface area (TPSA) is 32.7 Å². The highest BCUT2D eigenvalue weighted by Gasteiger charge is 2.41. The van der Waals surface area contributed by atoms with Crippen molar-refractivity contribution in [1.29, 1.82) is 0 Å². The molecule has 0 saturated carbocycles. The van der Waals surface area contributed by atoms with E-state index in [1.165, 1.54) is 5.56 Å². The second-order valence-corrected chi connectivity index (χ2v) is 7.06. The molecule has 136 valence electrons. The number of nitrogens with zero attached hydrogens (tertiary/aromatic N) is 1. The monoisotopic (exact) mass is 341 g/mol. The quantitative estimate of drug-likeness (QED) is 0.698. The first-order valence-corrected chi connectivity index (χ1v) is 9.08. The third-order valence-corrected chi connectivity index (χ3v) is 4.70. The van der Waals surface area contributed by atoms with Crippen molar-refractivity contribution in [3.05, 3.63) is 71.8 Å². The number of aliphatic hydroxyl groups excluding tert-OH is 1. The van der Waals surface area contributed by atoms with E-state index < -0.39 is 11.9 Å². The number of benzene rings is 2. The van der Waals surface area contributed by atoms with E-state index in [1.807, 2.05) is 31.2 Å². The summed E-state index contributed by atoms with van der Waals surface area (Å²) in [6.45, 7) is 5.02. The fraction of sp³-hybridized carbons (Fsp3) is 0.455. The summed E-state index contributed by atoms with van der Waals surface area (Å²) in [5, 5.41) is 10.4. The van der Waals surface area contributed by atoms with E-state index in [0.717, 1.165) is 18.5 Å². The summed E-state index contributed by atoms with van der Waals surface area (Å²) in [7, 11) is 4.15. The van der Waals surface area contributed by atoms with Crippen LogP contribution in [0.4, 0.5) is 0 Å². The van der Waals surface area contributed by atoms with Gasteiger partial charge in [-0.2, -0.15) is 0 Å². The maximum atomic E-state index is 10.4. The van der Waals surface area contributed by atoms with Crippen LogP contribution in [0.25, 0.3) is 0 Å². The minimum atomic E-state index is -0.784. The van der Waals surface area contributed by atoms with Crippen LogP contribution in [0.2, 0.25) is 0 Å². The van der Waals surface area contributed by atoms with E-state index in [0.29, 0.717) is 6.42 Å². The molecule has 25 heavy (non-hydrogen) atoms. The number of aliphatic hydroxyl groups is 1. The van der Waals surface area contributed by atoms with Gasteiger partial charge in [0.1, 0.15) is 5.60 Å². The summed E-state index contributed by atoms with van der Waals surface area (Å²) < 4.78 is 6.37. The predicted molar refractivity (Wildman–Crippen MR) is 103 cm³/mol. The van der Waals surface area contributed by atoms with Gasteiger partial charge in [0, 0.05) is 18.9 Å². The average molecular weight is 341 g/mol. The van der Waals surface area contributed by atoms with Gasteiger partial charge in [-0.15, -0.1) is 0 Å². The molecule has 2 unspecified atom stereocenters. The Hall–Kier alpha value is -1.68. The van der Waals surface area contributed by atoms with Gasteiger partial charge in [0.2, 0.25) is 0 Å². The SMILES string of the molecule is CC[C@@H](O)OC(Cc1ccccc1)(c1ccccc1)C(C)CN(C)C. The van der Waals surface area contributed by atoms with Crippen molar-refractivity contribution >= 4 is 0 Å². The normalized spacial score (nSPS) is 16.4. The maximum absolute atomic E-state index is 10.4. The highest BCUT2D eigenvalue weighted by molar-refractivity contribution is 5.28. The predicted octanol–water partition coefficient (Wildman–Crippen LogP) is 4.07. The lowest BCUT2D eigenvalue weighted by Gasteiger charge is -2.42. The van der Waals surface area contributed by atoms with Crippen LogP contribution in [0, 0.1) is 5.92 Å². The summed E-state index contributed by atoms with van der Waals surface area (Å²) in [5.41, 5.74) is 1.74. The van der Waals surface area contributed by atoms with E-state index >= 15 is 0 Å². The van der Waals surface area contributed by atoms with Crippen LogP contribution < -0.4 is 0 Å². The summed E-state index contributed by atoms with van der Waals surface area (Å²) in [6, 6.07) is 20.7. The average Bonchev–Trinajstić information content (AvgIpc) is 2.62. The fourth-order valence-corrected chi connectivity index (χ4v) is 3.43. The van der Waals surface area contributed by atoms with E-state index in [2.05, 4.69) is 62.3 Å². The first kappa shape index (κ1) is 19.6. The molecule has 2 aromatic rings. The van der Waals surface area contributed by atoms with Crippen molar-refractivity contribution in [2.24, 2.45) is 5.92 Å². The van der Waals surface area contributed by atoms with Gasteiger partial charge >= 0.3 is 0 Å². The van der Waals surface area contributed by atoms with Gasteiger partial charge in [-0.25, -0.2) is 0 Å². The summed E-state index contributed by atoms with van der Waals surface area (Å²) >= 11 is 0. The Labute approximate surface area is 152 Å². The van der Waals surface area contributed by atoms with Gasteiger partial charge in [-0.1, -0.05) is 74.5 Å². The number of hydrogen-bond donors (Lipinski definition) is 1. The third-order valence-electron chi connectivity index (χ3n) is 4.70. The molecule has 0 heterocycles. The van der Waals surface area contributed by atoms with Crippen LogP contribution in [-0.4, -0.2) is 36.9 Å². The van der Waals surface area contributed by atoms with Crippen molar-refractivity contribution in [3.63, 3.8) is 0 Å². The largest absolute Gasteiger partial charge is 0.368 e. The molecule has 0 amide bonds. The molecule has 0 aromatic heterocycles. The van der Waals surface area contributed by atoms with E-state index in [9.17, 15) is 5.11 Å². The third kappa shape index (κ3) is 5.15. The lowest BCUT2D eigenvalue weighted by Crippen LogP contribution is -2.45. The zero-order valence-electron chi connectivity index (χ0n) is 15.9. The molecule has 3 heteroatoms. The van der Waals surface area contributed by atoms with E-state index in [1.54, 1.807) is 0 Å². The molecule has 0 aliphatic heterocycles. The van der Waals surface area contributed by atoms with E-state index in [-0.39, 0.29) is 5.92 Å². The Morgan fingerprint density at radius 2 is 1.56 bits per heavy atom. The fourth-order valence-electron chi connectivity index (χ4n) is 3.43. The molecule has 0 spiro atoms. The molecule has 0 aliphatic rings. The zero-order chi connectivity index (χ0) is 18.3. The van der Waals surface area contributed by atoms with Crippen molar-refractivity contribution < 1.29 is 9.84 Å². The van der Waals surface area contributed by atoms with Crippen LogP contribution >= 0.6 is 0 Å². The van der Waals surface area contributed by atoms with Gasteiger partial charge in [0.15, 0.2) is 6.29 Å². The highest BCUT2D eigenvalue weighted by Crippen LogP contribution is 2.39. The molecule has 0 saturated heterocycles. The Morgan fingerprint density at radius 3 is 2.08 bits per heavy atom. The number of ether oxygens (including phenoxy) is 1. The Morgan fingerprint density at radius 1 is 1.00 bits per heavy atom. The first-order chi connectivity index (χ1) is 12.0. The Balaban J connectivity index is 2.51. The Bertz CT molecular complexity index is 614. The summed E-state index contributed by atoms with van der Waals surface area (Å²) in [6.07, 6.45) is 0.510. The van der Waals surface area contributed by atoms with Crippen molar-refractivity contribution in [2.45, 2.75) is 38.6 Å². The molecule has 0 fully saturated rings. The number of hydrogen-bond acceptors (Lipinski definition) is 3. The van der Waals surface area contributed by atoms with Crippen molar-refractivity contribution in [2.75, 3.05) is 20.6 Å². The van der Waals surface area contributed by atoms with Gasteiger partial charge in [-0.3, -0.25) is 0 Å². The molecular formula is C22H31NO2. The van der Waals surface area contributed by atoms with Gasteiger partial charge in [-0.05, 0) is 31.6 Å². The lowest BCUT2D eigenvalue weighted by molar-refractivity contribution is -0.212. The molecule has 2 rings (SSSR count). The van der Waals surface area contributed by atoms with Crippen molar-refractivity contribution in [1.82, 2.24) is 4.90 Å². The van der Waals surface area contributed by atoms with Gasteiger partial charge in [0.05, 0.1) is 0 Å². The first-order valence-electron chi connectivity index (χ1n) is 9.08. The van der Waals surface area contributed by atoms with Crippen LogP contribution in [-0.2, 0) is 16.8 Å². The molecule has 0 aliphatic carbocycles. The standard InChI is InChI=1S/C22H31NO2/c1-5-21(24)25-22(18(2)17-23(3)4,20-14-10-7-11-15-20)16-19-12-8-6-9-13-19/h6-15,18,21,24H,5,16-17H2,1-4H3/t18?,21-,22?/m0/s1. The van der Waals surface area contributed by atoms with Gasteiger partial charge < -0.3 is 14.7 Å². The molecule has 3 nitrogen and oxygen atoms in total. The minimum Gasteiger partial charge on any atom is -0.368 e. The van der Waals surface area contributed by atoms with E-state index in [4.69, 9.17) is 4.74 Å². The van der Waals surface area contributed by atoms with Crippen LogP contribution in [0.1, 0.15) is 31.4 Å². The van der Waals surface area contributed by atoms with Gasteiger partial charge in [0.25, 0.3) is 0 Å². The van der Waals surface area contributed by atoms with Crippen LogP contribution in [0.15, 0.2) is 60.7 Å². The lowest BCUT2D eigenvalue weighted by atomic mass is 9.77. The maximum Gasteiger partial charge on any atom is 0.155 e. The molecule has 0 bridgehead atoms. The molecule has 0 radical (unpaired) electrons. The second-order valence-electron chi connectivity index (χ2n) is 7.06. The zero-order valence-corrected chi connectivity index (χ0v) is 15.9. The Kier molecular flexibility index (Phi) is 7.18. The molecule has 3 atom stereocenters. The number of rotatable bonds is 9. The smallest absolute Gasteiger partial charge is 0.155 e. The minimum absolute atomic E-state index is 0.200. The summed E-state index contributed by atoms with van der Waals surface area (Å²) in [5.74, 6) is 0.200.